The number of aryl methyl sites for hydroxylation is 1. The fourth-order valence-corrected chi connectivity index (χ4v) is 2.89. The molecule has 0 bridgehead atoms. The van der Waals surface area contributed by atoms with E-state index in [1.54, 1.807) is 6.07 Å². The molecule has 122 valence electrons. The zero-order chi connectivity index (χ0) is 16.4. The van der Waals surface area contributed by atoms with Crippen LogP contribution < -0.4 is 11.1 Å². The summed E-state index contributed by atoms with van der Waals surface area (Å²) in [7, 11) is 0. The zero-order valence-electron chi connectivity index (χ0n) is 13.4. The summed E-state index contributed by atoms with van der Waals surface area (Å²) in [6.07, 6.45) is 3.20. The lowest BCUT2D eigenvalue weighted by Crippen LogP contribution is -2.36. The fraction of sp³-hybridized carbons (Fsp3) is 0.500. The molecule has 0 aromatic carbocycles. The van der Waals surface area contributed by atoms with E-state index >= 15 is 0 Å². The van der Waals surface area contributed by atoms with E-state index < -0.39 is 0 Å². The Kier molecular flexibility index (Phi) is 4.38. The van der Waals surface area contributed by atoms with E-state index in [-0.39, 0.29) is 17.7 Å². The van der Waals surface area contributed by atoms with E-state index in [9.17, 15) is 9.59 Å². The molecule has 7 nitrogen and oxygen atoms in total. The zero-order valence-corrected chi connectivity index (χ0v) is 13.4. The first kappa shape index (κ1) is 15.6. The molecule has 0 amide bonds. The third kappa shape index (κ3) is 3.10. The van der Waals surface area contributed by atoms with Crippen LogP contribution in [0.4, 0.5) is 0 Å². The molecular weight excluding hydrogens is 296 g/mol. The smallest absolute Gasteiger partial charge is 0.274 e. The van der Waals surface area contributed by atoms with Gasteiger partial charge in [0.2, 0.25) is 0 Å². The summed E-state index contributed by atoms with van der Waals surface area (Å²) < 4.78 is 6.56. The second-order valence-electron chi connectivity index (χ2n) is 5.67. The van der Waals surface area contributed by atoms with Gasteiger partial charge >= 0.3 is 0 Å². The Morgan fingerprint density at radius 2 is 1.96 bits per heavy atom. The van der Waals surface area contributed by atoms with E-state index in [4.69, 9.17) is 4.74 Å². The second kappa shape index (κ2) is 6.45. The minimum absolute atomic E-state index is 0.195. The van der Waals surface area contributed by atoms with Crippen LogP contribution in [0.15, 0.2) is 15.7 Å². The lowest BCUT2D eigenvalue weighted by Gasteiger charge is -2.16. The van der Waals surface area contributed by atoms with Gasteiger partial charge in [0, 0.05) is 29.5 Å². The highest BCUT2D eigenvalue weighted by Crippen LogP contribution is 2.14. The predicted octanol–water partition coefficient (Wildman–Crippen LogP) is 1.04. The number of H-pyrrole nitrogens is 1. The number of rotatable bonds is 4. The molecule has 2 aromatic heterocycles. The van der Waals surface area contributed by atoms with Gasteiger partial charge in [0.15, 0.2) is 11.6 Å². The molecule has 0 fully saturated rings. The van der Waals surface area contributed by atoms with Gasteiger partial charge in [0.05, 0.1) is 0 Å². The summed E-state index contributed by atoms with van der Waals surface area (Å²) in [6.45, 7) is 4.54. The quantitative estimate of drug-likeness (QED) is 0.910. The maximum Gasteiger partial charge on any atom is 0.274 e. The van der Waals surface area contributed by atoms with Gasteiger partial charge in [0.1, 0.15) is 6.61 Å². The van der Waals surface area contributed by atoms with Gasteiger partial charge < -0.3 is 4.74 Å². The average Bonchev–Trinajstić information content (AvgIpc) is 2.56. The Labute approximate surface area is 133 Å². The molecule has 1 aliphatic rings. The topological polar surface area (TPSA) is 89.9 Å². The maximum atomic E-state index is 12.7. The summed E-state index contributed by atoms with van der Waals surface area (Å²) in [5.74, 6) is 0.870. The van der Waals surface area contributed by atoms with Crippen LogP contribution in [0, 0.1) is 6.92 Å². The molecule has 1 aliphatic carbocycles. The van der Waals surface area contributed by atoms with Crippen LogP contribution in [-0.2, 0) is 24.2 Å². The highest BCUT2D eigenvalue weighted by molar-refractivity contribution is 5.29. The van der Waals surface area contributed by atoms with Crippen molar-refractivity contribution >= 4 is 0 Å². The van der Waals surface area contributed by atoms with Crippen LogP contribution in [0.5, 0.6) is 0 Å². The molecule has 0 saturated carbocycles. The molecule has 0 aliphatic heterocycles. The van der Waals surface area contributed by atoms with Gasteiger partial charge in [-0.15, -0.1) is 0 Å². The Bertz CT molecular complexity index is 838. The van der Waals surface area contributed by atoms with E-state index in [2.05, 4.69) is 15.1 Å². The summed E-state index contributed by atoms with van der Waals surface area (Å²) in [5, 5.41) is 2.65. The maximum absolute atomic E-state index is 12.7. The first-order valence-corrected chi connectivity index (χ1v) is 7.90. The normalized spacial score (nSPS) is 13.8. The minimum atomic E-state index is -0.207. The fourth-order valence-electron chi connectivity index (χ4n) is 2.89. The largest absolute Gasteiger partial charge is 0.374 e. The summed E-state index contributed by atoms with van der Waals surface area (Å²) in [5.41, 5.74) is 1.55. The lowest BCUT2D eigenvalue weighted by molar-refractivity contribution is 0.128. The second-order valence-corrected chi connectivity index (χ2v) is 5.67. The molecule has 7 heteroatoms. The monoisotopic (exact) mass is 316 g/mol. The van der Waals surface area contributed by atoms with Gasteiger partial charge in [-0.3, -0.25) is 14.7 Å². The number of aromatic nitrogens is 4. The van der Waals surface area contributed by atoms with E-state index in [1.165, 1.54) is 4.68 Å². The van der Waals surface area contributed by atoms with Crippen molar-refractivity contribution in [3.8, 4) is 5.82 Å². The third-order valence-electron chi connectivity index (χ3n) is 3.97. The van der Waals surface area contributed by atoms with Gasteiger partial charge in [-0.1, -0.05) is 0 Å². The molecule has 1 N–H and O–H groups in total. The van der Waals surface area contributed by atoms with Crippen molar-refractivity contribution in [2.24, 2.45) is 0 Å². The molecule has 2 aromatic rings. The Morgan fingerprint density at radius 1 is 1.22 bits per heavy atom. The SMILES string of the molecule is CCOCc1nc(C)cc(-n2[nH]c(=O)c3c(c2=O)CCCC3)n1. The number of hydrogen-bond acceptors (Lipinski definition) is 5. The predicted molar refractivity (Wildman–Crippen MR) is 85.0 cm³/mol. The number of fused-ring (bicyclic) bond motifs is 1. The molecule has 2 heterocycles. The lowest BCUT2D eigenvalue weighted by atomic mass is 9.94. The van der Waals surface area contributed by atoms with Crippen molar-refractivity contribution in [3.63, 3.8) is 0 Å². The molecule has 0 atom stereocenters. The van der Waals surface area contributed by atoms with Gasteiger partial charge in [-0.2, -0.15) is 4.68 Å². The molecular formula is C16H20N4O3. The molecule has 0 saturated heterocycles. The van der Waals surface area contributed by atoms with Crippen molar-refractivity contribution in [3.05, 3.63) is 49.4 Å². The molecule has 0 spiro atoms. The minimum Gasteiger partial charge on any atom is -0.374 e. The third-order valence-corrected chi connectivity index (χ3v) is 3.97. The number of nitrogens with one attached hydrogen (secondary N) is 1. The summed E-state index contributed by atoms with van der Waals surface area (Å²) in [6, 6.07) is 1.68. The first-order chi connectivity index (χ1) is 11.1. The van der Waals surface area contributed by atoms with Crippen LogP contribution in [0.2, 0.25) is 0 Å². The van der Waals surface area contributed by atoms with Crippen molar-refractivity contribution in [1.82, 2.24) is 19.7 Å². The summed E-state index contributed by atoms with van der Waals surface area (Å²) in [4.78, 5) is 33.6. The molecule has 0 radical (unpaired) electrons. The summed E-state index contributed by atoms with van der Waals surface area (Å²) >= 11 is 0. The Morgan fingerprint density at radius 3 is 2.70 bits per heavy atom. The highest BCUT2D eigenvalue weighted by atomic mass is 16.5. The standard InChI is InChI=1S/C16H20N4O3/c1-3-23-9-13-17-10(2)8-14(18-13)20-16(22)12-7-5-4-6-11(12)15(21)19-20/h8H,3-7,9H2,1-2H3,(H,19,21). The van der Waals surface area contributed by atoms with E-state index in [0.717, 1.165) is 18.5 Å². The molecule has 0 unspecified atom stereocenters. The van der Waals surface area contributed by atoms with Crippen molar-refractivity contribution in [2.75, 3.05) is 6.61 Å². The highest BCUT2D eigenvalue weighted by Gasteiger charge is 2.19. The number of ether oxygens (including phenoxy) is 1. The molecule has 23 heavy (non-hydrogen) atoms. The van der Waals surface area contributed by atoms with Gasteiger partial charge in [-0.05, 0) is 39.5 Å². The van der Waals surface area contributed by atoms with Gasteiger partial charge in [-0.25, -0.2) is 9.97 Å². The van der Waals surface area contributed by atoms with Gasteiger partial charge in [0.25, 0.3) is 11.1 Å². The van der Waals surface area contributed by atoms with Crippen molar-refractivity contribution in [1.29, 1.82) is 0 Å². The van der Waals surface area contributed by atoms with Crippen LogP contribution >= 0.6 is 0 Å². The van der Waals surface area contributed by atoms with Crippen LogP contribution in [0.3, 0.4) is 0 Å². The average molecular weight is 316 g/mol. The Hall–Kier alpha value is -2.28. The number of nitrogens with zero attached hydrogens (tertiary/aromatic N) is 3. The number of aromatic amines is 1. The van der Waals surface area contributed by atoms with Crippen LogP contribution in [0.25, 0.3) is 5.82 Å². The Balaban J connectivity index is 2.12. The molecule has 3 rings (SSSR count). The van der Waals surface area contributed by atoms with Crippen LogP contribution in [-0.4, -0.2) is 26.4 Å². The van der Waals surface area contributed by atoms with Crippen molar-refractivity contribution in [2.45, 2.75) is 46.1 Å². The number of hydrogen-bond donors (Lipinski definition) is 1. The van der Waals surface area contributed by atoms with Crippen molar-refractivity contribution < 1.29 is 4.74 Å². The van der Waals surface area contributed by atoms with Crippen LogP contribution in [0.1, 0.15) is 42.4 Å². The van der Waals surface area contributed by atoms with E-state index in [0.29, 0.717) is 42.2 Å². The van der Waals surface area contributed by atoms with E-state index in [1.807, 2.05) is 13.8 Å². The first-order valence-electron chi connectivity index (χ1n) is 7.90.